The number of hydrogen-bond acceptors (Lipinski definition) is 3. The lowest BCUT2D eigenvalue weighted by Gasteiger charge is -2.10. The summed E-state index contributed by atoms with van der Waals surface area (Å²) in [5.74, 6) is -0.862. The Hall–Kier alpha value is -1.85. The van der Waals surface area contributed by atoms with Crippen LogP contribution in [0.5, 0.6) is 0 Å². The van der Waals surface area contributed by atoms with Gasteiger partial charge in [-0.15, -0.1) is 0 Å². The molecule has 2 N–H and O–H groups in total. The maximum absolute atomic E-state index is 11.9. The Balaban J connectivity index is 2.80. The van der Waals surface area contributed by atoms with E-state index in [0.717, 1.165) is 23.5 Å². The third-order valence-corrected chi connectivity index (χ3v) is 3.15. The molecule has 0 aromatic carbocycles. The zero-order chi connectivity index (χ0) is 15.4. The van der Waals surface area contributed by atoms with Gasteiger partial charge in [0.1, 0.15) is 6.04 Å². The number of aryl methyl sites for hydroxylation is 1. The monoisotopic (exact) mass is 281 g/mol. The first kappa shape index (κ1) is 16.2. The molecule has 0 fully saturated rings. The Bertz CT molecular complexity index is 506. The Morgan fingerprint density at radius 2 is 1.90 bits per heavy atom. The number of aromatic nitrogens is 2. The van der Waals surface area contributed by atoms with E-state index < -0.39 is 12.0 Å². The molecule has 20 heavy (non-hydrogen) atoms. The molecule has 6 heteroatoms. The van der Waals surface area contributed by atoms with Gasteiger partial charge >= 0.3 is 5.97 Å². The van der Waals surface area contributed by atoms with Crippen molar-refractivity contribution >= 4 is 11.9 Å². The van der Waals surface area contributed by atoms with Gasteiger partial charge < -0.3 is 10.4 Å². The number of aliphatic carboxylic acids is 1. The van der Waals surface area contributed by atoms with E-state index in [4.69, 9.17) is 5.11 Å². The fourth-order valence-corrected chi connectivity index (χ4v) is 2.03. The van der Waals surface area contributed by atoms with Gasteiger partial charge in [0.05, 0.1) is 12.1 Å². The summed E-state index contributed by atoms with van der Waals surface area (Å²) in [6, 6.07) is -0.881. The van der Waals surface area contributed by atoms with Crippen molar-refractivity contribution in [1.82, 2.24) is 15.1 Å². The maximum atomic E-state index is 11.9. The Kier molecular flexibility index (Phi) is 5.30. The minimum Gasteiger partial charge on any atom is -0.480 e. The predicted molar refractivity (Wildman–Crippen MR) is 75.5 cm³/mol. The third-order valence-electron chi connectivity index (χ3n) is 3.15. The zero-order valence-electron chi connectivity index (χ0n) is 12.7. The number of rotatable bonds is 6. The standard InChI is InChI=1S/C14H23N3O3/c1-8(2)7-17-11(5)12(9(3)16-17)6-13(18)15-10(4)14(19)20/h8,10H,6-7H2,1-5H3,(H,15,18)(H,19,20)/t10-/m1/s1. The van der Waals surface area contributed by atoms with Crippen molar-refractivity contribution in [3.63, 3.8) is 0 Å². The molecule has 1 aromatic heterocycles. The van der Waals surface area contributed by atoms with Gasteiger partial charge in [0.2, 0.25) is 5.91 Å². The summed E-state index contributed by atoms with van der Waals surface area (Å²) < 4.78 is 1.91. The predicted octanol–water partition coefficient (Wildman–Crippen LogP) is 1.29. The minimum absolute atomic E-state index is 0.160. The summed E-state index contributed by atoms with van der Waals surface area (Å²) in [5.41, 5.74) is 2.66. The Morgan fingerprint density at radius 3 is 2.40 bits per heavy atom. The number of nitrogens with zero attached hydrogens (tertiary/aromatic N) is 2. The van der Waals surface area contributed by atoms with Gasteiger partial charge in [0, 0.05) is 17.8 Å². The minimum atomic E-state index is -1.04. The molecule has 1 amide bonds. The molecule has 6 nitrogen and oxygen atoms in total. The van der Waals surface area contributed by atoms with Crippen LogP contribution in [0.15, 0.2) is 0 Å². The van der Waals surface area contributed by atoms with Gasteiger partial charge in [-0.3, -0.25) is 14.3 Å². The third kappa shape index (κ3) is 4.08. The molecular formula is C14H23N3O3. The topological polar surface area (TPSA) is 84.2 Å². The molecule has 1 atom stereocenters. The van der Waals surface area contributed by atoms with Crippen molar-refractivity contribution in [3.8, 4) is 0 Å². The van der Waals surface area contributed by atoms with Gasteiger partial charge in [-0.05, 0) is 26.7 Å². The molecule has 0 spiro atoms. The highest BCUT2D eigenvalue weighted by molar-refractivity contribution is 5.84. The summed E-state index contributed by atoms with van der Waals surface area (Å²) in [6.45, 7) is 10.3. The number of carbonyl (C=O) groups excluding carboxylic acids is 1. The number of nitrogens with one attached hydrogen (secondary N) is 1. The summed E-state index contributed by atoms with van der Waals surface area (Å²) in [4.78, 5) is 22.6. The second-order valence-corrected chi connectivity index (χ2v) is 5.53. The van der Waals surface area contributed by atoms with Crippen LogP contribution in [-0.4, -0.2) is 32.8 Å². The van der Waals surface area contributed by atoms with Crippen molar-refractivity contribution in [2.75, 3.05) is 0 Å². The quantitative estimate of drug-likeness (QED) is 0.823. The molecule has 0 radical (unpaired) electrons. The molecule has 0 bridgehead atoms. The van der Waals surface area contributed by atoms with Gasteiger partial charge in [-0.2, -0.15) is 5.10 Å². The van der Waals surface area contributed by atoms with Crippen molar-refractivity contribution in [2.24, 2.45) is 5.92 Å². The van der Waals surface area contributed by atoms with E-state index in [2.05, 4.69) is 24.3 Å². The number of hydrogen-bond donors (Lipinski definition) is 2. The van der Waals surface area contributed by atoms with Crippen molar-refractivity contribution < 1.29 is 14.7 Å². The first-order valence-electron chi connectivity index (χ1n) is 6.77. The summed E-state index contributed by atoms with van der Waals surface area (Å²) in [5, 5.41) is 15.7. The molecule has 112 valence electrons. The highest BCUT2D eigenvalue weighted by Crippen LogP contribution is 2.15. The molecule has 0 saturated heterocycles. The van der Waals surface area contributed by atoms with E-state index in [1.807, 2.05) is 18.5 Å². The number of carboxylic acid groups (broad SMARTS) is 1. The van der Waals surface area contributed by atoms with E-state index in [9.17, 15) is 9.59 Å². The number of carbonyl (C=O) groups is 2. The molecule has 0 saturated carbocycles. The van der Waals surface area contributed by atoms with E-state index in [0.29, 0.717) is 5.92 Å². The lowest BCUT2D eigenvalue weighted by Crippen LogP contribution is -2.39. The molecule has 0 unspecified atom stereocenters. The van der Waals surface area contributed by atoms with Crippen LogP contribution >= 0.6 is 0 Å². The van der Waals surface area contributed by atoms with E-state index in [1.54, 1.807) is 0 Å². The van der Waals surface area contributed by atoms with Gasteiger partial charge in [0.15, 0.2) is 0 Å². The Morgan fingerprint density at radius 1 is 1.30 bits per heavy atom. The average Bonchev–Trinajstić information content (AvgIpc) is 2.56. The van der Waals surface area contributed by atoms with Gasteiger partial charge in [0.25, 0.3) is 0 Å². The molecule has 1 rings (SSSR count). The van der Waals surface area contributed by atoms with Gasteiger partial charge in [-0.25, -0.2) is 0 Å². The fraction of sp³-hybridized carbons (Fsp3) is 0.643. The SMILES string of the molecule is Cc1nn(CC(C)C)c(C)c1CC(=O)N[C@H](C)C(=O)O. The average molecular weight is 281 g/mol. The van der Waals surface area contributed by atoms with Crippen LogP contribution in [0.1, 0.15) is 37.7 Å². The second-order valence-electron chi connectivity index (χ2n) is 5.53. The van der Waals surface area contributed by atoms with Crippen molar-refractivity contribution in [1.29, 1.82) is 0 Å². The van der Waals surface area contributed by atoms with E-state index in [-0.39, 0.29) is 12.3 Å². The molecule has 1 aromatic rings. The van der Waals surface area contributed by atoms with E-state index >= 15 is 0 Å². The highest BCUT2D eigenvalue weighted by Gasteiger charge is 2.18. The van der Waals surface area contributed by atoms with Crippen LogP contribution in [0, 0.1) is 19.8 Å². The first-order valence-corrected chi connectivity index (χ1v) is 6.77. The smallest absolute Gasteiger partial charge is 0.325 e. The van der Waals surface area contributed by atoms with Crippen LogP contribution < -0.4 is 5.32 Å². The highest BCUT2D eigenvalue weighted by atomic mass is 16.4. The van der Waals surface area contributed by atoms with E-state index in [1.165, 1.54) is 6.92 Å². The molecule has 0 aliphatic rings. The number of carboxylic acids is 1. The van der Waals surface area contributed by atoms with Crippen LogP contribution in [0.4, 0.5) is 0 Å². The largest absolute Gasteiger partial charge is 0.480 e. The van der Waals surface area contributed by atoms with Gasteiger partial charge in [-0.1, -0.05) is 13.8 Å². The molecule has 0 aliphatic heterocycles. The molecule has 0 aliphatic carbocycles. The lowest BCUT2D eigenvalue weighted by atomic mass is 10.1. The van der Waals surface area contributed by atoms with Crippen molar-refractivity contribution in [2.45, 2.75) is 53.6 Å². The van der Waals surface area contributed by atoms with Crippen LogP contribution in [0.2, 0.25) is 0 Å². The lowest BCUT2D eigenvalue weighted by molar-refractivity contribution is -0.141. The summed E-state index contributed by atoms with van der Waals surface area (Å²) >= 11 is 0. The van der Waals surface area contributed by atoms with Crippen LogP contribution in [0.25, 0.3) is 0 Å². The Labute approximate surface area is 119 Å². The fourth-order valence-electron chi connectivity index (χ4n) is 2.03. The number of amides is 1. The van der Waals surface area contributed by atoms with Crippen molar-refractivity contribution in [3.05, 3.63) is 17.0 Å². The second kappa shape index (κ2) is 6.54. The normalized spacial score (nSPS) is 12.5. The molecule has 1 heterocycles. The molecular weight excluding hydrogens is 258 g/mol. The summed E-state index contributed by atoms with van der Waals surface area (Å²) in [6.07, 6.45) is 0.160. The summed E-state index contributed by atoms with van der Waals surface area (Å²) in [7, 11) is 0. The zero-order valence-corrected chi connectivity index (χ0v) is 12.7. The maximum Gasteiger partial charge on any atom is 0.325 e. The van der Waals surface area contributed by atoms with Crippen LogP contribution in [-0.2, 0) is 22.6 Å². The first-order chi connectivity index (χ1) is 9.22. The van der Waals surface area contributed by atoms with Crippen LogP contribution in [0.3, 0.4) is 0 Å².